The number of carbonyl (C=O) groups is 2. The molecule has 2 aromatic carbocycles. The molecule has 1 atom stereocenters. The second-order valence-electron chi connectivity index (χ2n) is 7.12. The molecule has 26 heavy (non-hydrogen) atoms. The zero-order valence-electron chi connectivity index (χ0n) is 15.2. The molecule has 6 heteroatoms. The van der Waals surface area contributed by atoms with Crippen molar-refractivity contribution in [2.45, 2.75) is 31.1 Å². The molecule has 0 bridgehead atoms. The van der Waals surface area contributed by atoms with Crippen LogP contribution in [0.15, 0.2) is 47.4 Å². The predicted octanol–water partition coefficient (Wildman–Crippen LogP) is 2.65. The summed E-state index contributed by atoms with van der Waals surface area (Å²) in [6, 6.07) is 11.7. The molecule has 0 radical (unpaired) electrons. The first-order chi connectivity index (χ1) is 12.1. The summed E-state index contributed by atoms with van der Waals surface area (Å²) < 4.78 is 26.0. The second-order valence-corrected chi connectivity index (χ2v) is 9.11. The quantitative estimate of drug-likeness (QED) is 0.778. The number of likely N-dealkylation sites (N-methyl/N-ethyl adjacent to an activating group) is 1. The lowest BCUT2D eigenvalue weighted by Gasteiger charge is -2.38. The minimum atomic E-state index is -3.72. The molecule has 0 spiro atoms. The molecule has 1 heterocycles. The summed E-state index contributed by atoms with van der Waals surface area (Å²) in [5.41, 5.74) is 1.34. The molecule has 0 aliphatic carbocycles. The molecule has 1 aliphatic heterocycles. The van der Waals surface area contributed by atoms with E-state index in [2.05, 4.69) is 0 Å². The van der Waals surface area contributed by atoms with Crippen LogP contribution in [0.3, 0.4) is 0 Å². The fourth-order valence-corrected chi connectivity index (χ4v) is 5.16. The van der Waals surface area contributed by atoms with Crippen LogP contribution >= 0.6 is 0 Å². The molecule has 0 fully saturated rings. The molecule has 0 N–H and O–H groups in total. The first kappa shape index (κ1) is 18.3. The van der Waals surface area contributed by atoms with Crippen LogP contribution < -0.4 is 0 Å². The summed E-state index contributed by atoms with van der Waals surface area (Å²) in [7, 11) is -2.33. The fraction of sp³-hybridized carbons (Fsp3) is 0.300. The third-order valence-corrected chi connectivity index (χ3v) is 6.89. The Morgan fingerprint density at radius 2 is 1.54 bits per heavy atom. The van der Waals surface area contributed by atoms with Gasteiger partial charge in [0.15, 0.2) is 9.84 Å². The van der Waals surface area contributed by atoms with Crippen molar-refractivity contribution in [2.24, 2.45) is 0 Å². The number of sulfone groups is 1. The van der Waals surface area contributed by atoms with E-state index in [1.165, 1.54) is 7.05 Å². The molecule has 0 aromatic heterocycles. The summed E-state index contributed by atoms with van der Waals surface area (Å²) in [5.74, 6) is -1.30. The van der Waals surface area contributed by atoms with E-state index in [1.807, 2.05) is 13.8 Å². The van der Waals surface area contributed by atoms with Crippen molar-refractivity contribution in [2.75, 3.05) is 12.8 Å². The van der Waals surface area contributed by atoms with E-state index in [0.29, 0.717) is 11.1 Å². The van der Waals surface area contributed by atoms with Crippen molar-refractivity contribution in [3.8, 4) is 0 Å². The number of rotatable bonds is 3. The van der Waals surface area contributed by atoms with Crippen LogP contribution in [0.1, 0.15) is 34.0 Å². The van der Waals surface area contributed by atoms with Crippen molar-refractivity contribution in [3.63, 3.8) is 0 Å². The highest BCUT2D eigenvalue weighted by Crippen LogP contribution is 2.37. The van der Waals surface area contributed by atoms with E-state index < -0.39 is 32.8 Å². The van der Waals surface area contributed by atoms with Gasteiger partial charge in [-0.3, -0.25) is 14.5 Å². The maximum absolute atomic E-state index is 13.0. The van der Waals surface area contributed by atoms with E-state index in [1.54, 1.807) is 49.4 Å². The number of carbonyl (C=O) groups excluding carboxylic acids is 2. The number of aryl methyl sites for hydroxylation is 2. The van der Waals surface area contributed by atoms with Crippen molar-refractivity contribution in [1.82, 2.24) is 4.90 Å². The first-order valence-electron chi connectivity index (χ1n) is 8.29. The van der Waals surface area contributed by atoms with Gasteiger partial charge in [-0.1, -0.05) is 35.4 Å². The van der Waals surface area contributed by atoms with Gasteiger partial charge in [0, 0.05) is 12.6 Å². The molecule has 0 saturated carbocycles. The number of imide groups is 1. The average molecular weight is 371 g/mol. The number of hydrogen-bond donors (Lipinski definition) is 0. The zero-order valence-corrected chi connectivity index (χ0v) is 16.1. The van der Waals surface area contributed by atoms with Crippen LogP contribution in [-0.2, 0) is 20.0 Å². The van der Waals surface area contributed by atoms with E-state index in [4.69, 9.17) is 0 Å². The highest BCUT2D eigenvalue weighted by atomic mass is 32.2. The number of hydrogen-bond acceptors (Lipinski definition) is 4. The summed E-state index contributed by atoms with van der Waals surface area (Å²) >= 11 is 0. The third-order valence-electron chi connectivity index (χ3n) is 4.94. The Hall–Kier alpha value is -2.47. The highest BCUT2D eigenvalue weighted by Gasteiger charge is 2.48. The van der Waals surface area contributed by atoms with Crippen molar-refractivity contribution < 1.29 is 18.0 Å². The van der Waals surface area contributed by atoms with Crippen LogP contribution in [0.2, 0.25) is 0 Å². The Morgan fingerprint density at radius 3 is 2.15 bits per heavy atom. The van der Waals surface area contributed by atoms with Crippen molar-refractivity contribution in [1.29, 1.82) is 0 Å². The third kappa shape index (κ3) is 2.84. The van der Waals surface area contributed by atoms with E-state index in [9.17, 15) is 18.0 Å². The summed E-state index contributed by atoms with van der Waals surface area (Å²) in [6.07, 6.45) is 0. The first-order valence-corrected chi connectivity index (χ1v) is 9.94. The normalized spacial score (nSPS) is 20.2. The Morgan fingerprint density at radius 1 is 0.962 bits per heavy atom. The Balaban J connectivity index is 2.15. The van der Waals surface area contributed by atoms with E-state index in [-0.39, 0.29) is 4.90 Å². The molecular weight excluding hydrogens is 350 g/mol. The summed E-state index contributed by atoms with van der Waals surface area (Å²) in [5, 5.41) is 0. The largest absolute Gasteiger partial charge is 0.281 e. The molecule has 1 unspecified atom stereocenters. The van der Waals surface area contributed by atoms with Crippen LogP contribution in [-0.4, -0.2) is 37.9 Å². The molecular formula is C20H21NO4S. The molecule has 136 valence electrons. The maximum Gasteiger partial charge on any atom is 0.260 e. The molecule has 3 rings (SSSR count). The van der Waals surface area contributed by atoms with E-state index in [0.717, 1.165) is 16.0 Å². The van der Waals surface area contributed by atoms with Gasteiger partial charge >= 0.3 is 0 Å². The number of amides is 2. The smallest absolute Gasteiger partial charge is 0.260 e. The van der Waals surface area contributed by atoms with Crippen LogP contribution in [0.4, 0.5) is 0 Å². The van der Waals surface area contributed by atoms with Crippen molar-refractivity contribution in [3.05, 3.63) is 64.7 Å². The molecule has 5 nitrogen and oxygen atoms in total. The van der Waals surface area contributed by atoms with Gasteiger partial charge in [-0.25, -0.2) is 8.42 Å². The van der Waals surface area contributed by atoms with Gasteiger partial charge in [-0.2, -0.15) is 0 Å². The lowest BCUT2D eigenvalue weighted by molar-refractivity contribution is -0.132. The van der Waals surface area contributed by atoms with Gasteiger partial charge in [0.25, 0.3) is 5.91 Å². The molecule has 0 saturated heterocycles. The summed E-state index contributed by atoms with van der Waals surface area (Å²) in [6.45, 7) is 5.33. The zero-order chi connectivity index (χ0) is 19.3. The van der Waals surface area contributed by atoms with Crippen LogP contribution in [0.5, 0.6) is 0 Å². The lowest BCUT2D eigenvalue weighted by atomic mass is 9.76. The number of fused-ring (bicyclic) bond motifs is 1. The molecule has 2 amide bonds. The van der Waals surface area contributed by atoms with Gasteiger partial charge in [0.2, 0.25) is 5.91 Å². The monoisotopic (exact) mass is 371 g/mol. The molecule has 2 aromatic rings. The van der Waals surface area contributed by atoms with Gasteiger partial charge < -0.3 is 0 Å². The Kier molecular flexibility index (Phi) is 4.27. The van der Waals surface area contributed by atoms with Gasteiger partial charge in [-0.15, -0.1) is 0 Å². The fourth-order valence-electron chi connectivity index (χ4n) is 3.41. The summed E-state index contributed by atoms with van der Waals surface area (Å²) in [4.78, 5) is 26.6. The van der Waals surface area contributed by atoms with Crippen molar-refractivity contribution >= 4 is 21.7 Å². The van der Waals surface area contributed by atoms with Crippen LogP contribution in [0.25, 0.3) is 0 Å². The highest BCUT2D eigenvalue weighted by molar-refractivity contribution is 7.91. The van der Waals surface area contributed by atoms with Crippen LogP contribution in [0, 0.1) is 13.8 Å². The Labute approximate surface area is 153 Å². The minimum Gasteiger partial charge on any atom is -0.281 e. The maximum atomic E-state index is 13.0. The van der Waals surface area contributed by atoms with Gasteiger partial charge in [0.05, 0.1) is 16.1 Å². The minimum absolute atomic E-state index is 0.172. The molecule has 1 aliphatic rings. The number of benzene rings is 2. The van der Waals surface area contributed by atoms with Gasteiger partial charge in [-0.05, 0) is 44.5 Å². The average Bonchev–Trinajstić information content (AvgIpc) is 2.58. The SMILES string of the molecule is Cc1ccc(S(=O)(=O)CC2(C)C(=O)N(C)C(=O)c3ccc(C)cc32)cc1. The number of nitrogens with zero attached hydrogens (tertiary/aromatic N) is 1. The van der Waals surface area contributed by atoms with E-state index >= 15 is 0 Å². The second kappa shape index (κ2) is 6.06. The van der Waals surface area contributed by atoms with Gasteiger partial charge in [0.1, 0.15) is 0 Å². The Bertz CT molecular complexity index is 1010. The topological polar surface area (TPSA) is 71.5 Å². The predicted molar refractivity (Wildman–Crippen MR) is 98.9 cm³/mol. The lowest BCUT2D eigenvalue weighted by Crippen LogP contribution is -2.54. The standard InChI is InChI=1S/C20H21NO4S/c1-13-5-8-15(9-6-13)26(24,25)12-20(3)17-11-14(2)7-10-16(17)18(22)21(4)19(20)23/h5-11H,12H2,1-4H3.